The lowest BCUT2D eigenvalue weighted by Gasteiger charge is -2.31. The molecule has 1 aliphatic heterocycles. The number of para-hydroxylation sites is 1. The van der Waals surface area contributed by atoms with Crippen LogP contribution in [0.5, 0.6) is 0 Å². The number of nitrogens with zero attached hydrogens (tertiary/aromatic N) is 4. The molecule has 2 heterocycles. The van der Waals surface area contributed by atoms with Crippen molar-refractivity contribution in [1.29, 1.82) is 5.26 Å². The van der Waals surface area contributed by atoms with Crippen molar-refractivity contribution >= 4 is 23.3 Å². The smallest absolute Gasteiger partial charge is 0.189 e. The summed E-state index contributed by atoms with van der Waals surface area (Å²) in [4.78, 5) is 11.5. The third-order valence-electron chi connectivity index (χ3n) is 4.58. The second kappa shape index (κ2) is 7.19. The molecule has 0 amide bonds. The number of thioether (sulfide) groups is 1. The normalized spacial score (nSPS) is 13.2. The summed E-state index contributed by atoms with van der Waals surface area (Å²) < 4.78 is 0. The van der Waals surface area contributed by atoms with Crippen LogP contribution in [0.25, 0.3) is 11.3 Å². The van der Waals surface area contributed by atoms with Crippen molar-refractivity contribution in [3.8, 4) is 17.3 Å². The molecular weight excluding hydrogens is 340 g/mol. The molecule has 0 radical (unpaired) electrons. The molecule has 0 saturated heterocycles. The summed E-state index contributed by atoms with van der Waals surface area (Å²) in [5, 5.41) is 10.6. The van der Waals surface area contributed by atoms with Crippen LogP contribution < -0.4 is 4.90 Å². The first-order chi connectivity index (χ1) is 12.8. The van der Waals surface area contributed by atoms with Crippen molar-refractivity contribution in [2.24, 2.45) is 0 Å². The molecule has 4 rings (SSSR count). The molecule has 3 aromatic rings. The van der Waals surface area contributed by atoms with Gasteiger partial charge in [-0.2, -0.15) is 5.26 Å². The van der Waals surface area contributed by atoms with Gasteiger partial charge in [-0.15, -0.1) is 0 Å². The number of fused-ring (bicyclic) bond motifs is 1. The average Bonchev–Trinajstić information content (AvgIpc) is 2.73. The van der Waals surface area contributed by atoms with Gasteiger partial charge in [-0.1, -0.05) is 60.3 Å². The number of rotatable bonds is 3. The molecule has 0 bridgehead atoms. The van der Waals surface area contributed by atoms with E-state index < -0.39 is 0 Å². The minimum atomic E-state index is 0.533. The number of aromatic nitrogens is 2. The summed E-state index contributed by atoms with van der Waals surface area (Å²) in [6, 6.07) is 20.6. The highest BCUT2D eigenvalue weighted by atomic mass is 32.2. The first-order valence-electron chi connectivity index (χ1n) is 8.59. The molecule has 0 saturated carbocycles. The van der Waals surface area contributed by atoms with E-state index in [4.69, 9.17) is 4.98 Å². The Hall–Kier alpha value is -2.84. The van der Waals surface area contributed by atoms with Crippen LogP contribution >= 0.6 is 11.8 Å². The highest BCUT2D eigenvalue weighted by Gasteiger charge is 2.25. The molecule has 128 valence electrons. The first-order valence-corrected chi connectivity index (χ1v) is 9.81. The molecule has 4 nitrogen and oxygen atoms in total. The van der Waals surface area contributed by atoms with Gasteiger partial charge in [0.15, 0.2) is 11.0 Å². The number of hydrogen-bond acceptors (Lipinski definition) is 5. The SMILES string of the molecule is CSc1nc(-c2ccccc2)c(C#N)c(N2CCCc3ccccc32)n1. The fraction of sp³-hybridized carbons (Fsp3) is 0.190. The van der Waals surface area contributed by atoms with Crippen molar-refractivity contribution in [2.45, 2.75) is 18.0 Å². The maximum absolute atomic E-state index is 9.94. The summed E-state index contributed by atoms with van der Waals surface area (Å²) >= 11 is 1.50. The Labute approximate surface area is 157 Å². The van der Waals surface area contributed by atoms with Crippen LogP contribution in [0.15, 0.2) is 59.8 Å². The van der Waals surface area contributed by atoms with Gasteiger partial charge in [0, 0.05) is 17.8 Å². The molecule has 0 spiro atoms. The van der Waals surface area contributed by atoms with Crippen molar-refractivity contribution in [3.05, 3.63) is 65.7 Å². The summed E-state index contributed by atoms with van der Waals surface area (Å²) in [5.41, 5.74) is 4.61. The van der Waals surface area contributed by atoms with Crippen LogP contribution in [-0.4, -0.2) is 22.8 Å². The maximum Gasteiger partial charge on any atom is 0.189 e. The molecule has 0 N–H and O–H groups in total. The van der Waals surface area contributed by atoms with Crippen molar-refractivity contribution in [2.75, 3.05) is 17.7 Å². The van der Waals surface area contributed by atoms with Gasteiger partial charge in [0.2, 0.25) is 0 Å². The molecule has 0 atom stereocenters. The topological polar surface area (TPSA) is 52.8 Å². The second-order valence-corrected chi connectivity index (χ2v) is 6.89. The number of hydrogen-bond donors (Lipinski definition) is 0. The zero-order valence-corrected chi connectivity index (χ0v) is 15.3. The van der Waals surface area contributed by atoms with Crippen LogP contribution in [0.3, 0.4) is 0 Å². The van der Waals surface area contributed by atoms with E-state index in [1.54, 1.807) is 0 Å². The maximum atomic E-state index is 9.94. The lowest BCUT2D eigenvalue weighted by atomic mass is 10.0. The fourth-order valence-electron chi connectivity index (χ4n) is 3.38. The highest BCUT2D eigenvalue weighted by Crippen LogP contribution is 2.37. The standard InChI is InChI=1S/C21H18N4S/c1-26-21-23-19(16-9-3-2-4-10-16)17(14-22)20(24-21)25-13-7-11-15-8-5-6-12-18(15)25/h2-6,8-10,12H,7,11,13H2,1H3. The van der Waals surface area contributed by atoms with E-state index in [9.17, 15) is 5.26 Å². The predicted octanol–water partition coefficient (Wildman–Crippen LogP) is 4.82. The van der Waals surface area contributed by atoms with Crippen LogP contribution in [0.2, 0.25) is 0 Å². The number of aryl methyl sites for hydroxylation is 1. The molecule has 26 heavy (non-hydrogen) atoms. The summed E-state index contributed by atoms with van der Waals surface area (Å²) in [7, 11) is 0. The van der Waals surface area contributed by atoms with E-state index in [-0.39, 0.29) is 0 Å². The molecule has 0 unspecified atom stereocenters. The van der Waals surface area contributed by atoms with Gasteiger partial charge in [-0.05, 0) is 30.7 Å². The Morgan fingerprint density at radius 1 is 1.04 bits per heavy atom. The lowest BCUT2D eigenvalue weighted by Crippen LogP contribution is -2.26. The van der Waals surface area contributed by atoms with E-state index in [0.29, 0.717) is 22.2 Å². The Morgan fingerprint density at radius 2 is 1.81 bits per heavy atom. The quantitative estimate of drug-likeness (QED) is 0.496. The summed E-state index contributed by atoms with van der Waals surface area (Å²) in [5.74, 6) is 0.706. The van der Waals surface area contributed by atoms with Gasteiger partial charge in [0.05, 0.1) is 5.69 Å². The van der Waals surface area contributed by atoms with Gasteiger partial charge < -0.3 is 4.90 Å². The van der Waals surface area contributed by atoms with E-state index in [0.717, 1.165) is 30.6 Å². The Kier molecular flexibility index (Phi) is 4.59. The largest absolute Gasteiger partial charge is 0.325 e. The van der Waals surface area contributed by atoms with Crippen LogP contribution in [0, 0.1) is 11.3 Å². The number of anilines is 2. The van der Waals surface area contributed by atoms with Crippen LogP contribution in [-0.2, 0) is 6.42 Å². The van der Waals surface area contributed by atoms with Crippen LogP contribution in [0.1, 0.15) is 17.5 Å². The van der Waals surface area contributed by atoms with Gasteiger partial charge in [0.1, 0.15) is 11.6 Å². The molecular formula is C21H18N4S. The van der Waals surface area contributed by atoms with E-state index in [2.05, 4.69) is 34.2 Å². The van der Waals surface area contributed by atoms with Gasteiger partial charge in [0.25, 0.3) is 0 Å². The fourth-order valence-corrected chi connectivity index (χ4v) is 3.74. The molecule has 1 aliphatic rings. The molecule has 0 aliphatic carbocycles. The average molecular weight is 358 g/mol. The minimum Gasteiger partial charge on any atom is -0.325 e. The first kappa shape index (κ1) is 16.6. The monoisotopic (exact) mass is 358 g/mol. The van der Waals surface area contributed by atoms with Crippen LogP contribution in [0.4, 0.5) is 11.5 Å². The van der Waals surface area contributed by atoms with Crippen molar-refractivity contribution in [3.63, 3.8) is 0 Å². The molecule has 2 aromatic carbocycles. The Morgan fingerprint density at radius 3 is 2.58 bits per heavy atom. The number of nitriles is 1. The number of benzene rings is 2. The van der Waals surface area contributed by atoms with Crippen molar-refractivity contribution < 1.29 is 0 Å². The van der Waals surface area contributed by atoms with Gasteiger partial charge in [-0.25, -0.2) is 9.97 Å². The molecule has 1 aromatic heterocycles. The Balaban J connectivity index is 1.94. The zero-order chi connectivity index (χ0) is 17.9. The second-order valence-electron chi connectivity index (χ2n) is 6.12. The molecule has 0 fully saturated rings. The third-order valence-corrected chi connectivity index (χ3v) is 5.12. The third kappa shape index (κ3) is 2.93. The lowest BCUT2D eigenvalue weighted by molar-refractivity contribution is 0.751. The van der Waals surface area contributed by atoms with Gasteiger partial charge >= 0.3 is 0 Å². The van der Waals surface area contributed by atoms with E-state index >= 15 is 0 Å². The summed E-state index contributed by atoms with van der Waals surface area (Å²) in [6.45, 7) is 0.852. The summed E-state index contributed by atoms with van der Waals surface area (Å²) in [6.07, 6.45) is 4.06. The van der Waals surface area contributed by atoms with Crippen molar-refractivity contribution in [1.82, 2.24) is 9.97 Å². The van der Waals surface area contributed by atoms with E-state index in [1.165, 1.54) is 17.3 Å². The predicted molar refractivity (Wildman–Crippen MR) is 106 cm³/mol. The molecule has 5 heteroatoms. The van der Waals surface area contributed by atoms with Gasteiger partial charge in [-0.3, -0.25) is 0 Å². The van der Waals surface area contributed by atoms with E-state index in [1.807, 2.05) is 42.7 Å². The zero-order valence-electron chi connectivity index (χ0n) is 14.5. The highest BCUT2D eigenvalue weighted by molar-refractivity contribution is 7.98. The Bertz CT molecular complexity index is 979. The minimum absolute atomic E-state index is 0.533.